The summed E-state index contributed by atoms with van der Waals surface area (Å²) < 4.78 is 51.8. The average Bonchev–Trinajstić information content (AvgIpc) is 3.35. The van der Waals surface area contributed by atoms with Gasteiger partial charge in [0.1, 0.15) is 11.5 Å². The van der Waals surface area contributed by atoms with Gasteiger partial charge in [-0.1, -0.05) is 23.4 Å². The van der Waals surface area contributed by atoms with E-state index in [4.69, 9.17) is 21.1 Å². The summed E-state index contributed by atoms with van der Waals surface area (Å²) >= 11 is 7.09. The lowest BCUT2D eigenvalue weighted by Gasteiger charge is -2.13. The van der Waals surface area contributed by atoms with Crippen LogP contribution in [0.1, 0.15) is 18.3 Å². The molecule has 0 radical (unpaired) electrons. The zero-order valence-electron chi connectivity index (χ0n) is 21.5. The molecule has 0 fully saturated rings. The van der Waals surface area contributed by atoms with Gasteiger partial charge in [0.15, 0.2) is 11.0 Å². The minimum absolute atomic E-state index is 0.00426. The molecule has 0 bridgehead atoms. The van der Waals surface area contributed by atoms with Crippen molar-refractivity contribution in [1.29, 1.82) is 0 Å². The Kier molecular flexibility index (Phi) is 9.43. The van der Waals surface area contributed by atoms with Crippen LogP contribution >= 0.6 is 23.4 Å². The molecule has 0 saturated carbocycles. The summed E-state index contributed by atoms with van der Waals surface area (Å²) in [7, 11) is 1.57. The van der Waals surface area contributed by atoms with E-state index in [1.54, 1.807) is 23.8 Å². The number of nitrogens with zero attached hydrogens (tertiary/aromatic N) is 3. The molecule has 1 heterocycles. The van der Waals surface area contributed by atoms with Gasteiger partial charge in [-0.15, -0.1) is 10.2 Å². The average molecular weight is 592 g/mol. The number of halogens is 4. The minimum Gasteiger partial charge on any atom is -0.497 e. The zero-order valence-corrected chi connectivity index (χ0v) is 23.0. The lowest BCUT2D eigenvalue weighted by atomic mass is 10.2. The maximum absolute atomic E-state index is 13.1. The number of rotatable bonds is 11. The molecule has 8 nitrogen and oxygen atoms in total. The number of methoxy groups -OCH3 is 1. The second kappa shape index (κ2) is 13.0. The Labute approximate surface area is 237 Å². The van der Waals surface area contributed by atoms with Gasteiger partial charge in [0.05, 0.1) is 42.3 Å². The minimum atomic E-state index is -4.57. The standard InChI is InChI=1S/C27H25ClF3N5O3S/c1-3-39-21-9-5-18(6-10-21)32-15-24-34-35-26(36(24)19-7-11-20(38-2)12-8-19)40-16-25(37)33-23-14-17(27(29,30)31)4-13-22(23)28/h4-14,32H,3,15-16H2,1-2H3,(H,33,37). The molecule has 1 aromatic heterocycles. The van der Waals surface area contributed by atoms with Crippen LogP contribution < -0.4 is 20.1 Å². The predicted octanol–water partition coefficient (Wildman–Crippen LogP) is 6.69. The summed E-state index contributed by atoms with van der Waals surface area (Å²) in [6.45, 7) is 2.81. The van der Waals surface area contributed by atoms with E-state index in [0.29, 0.717) is 29.9 Å². The fraction of sp³-hybridized carbons (Fsp3) is 0.222. The van der Waals surface area contributed by atoms with Gasteiger partial charge in [-0.2, -0.15) is 13.2 Å². The molecule has 0 spiro atoms. The summed E-state index contributed by atoms with van der Waals surface area (Å²) in [6, 6.07) is 17.5. The normalized spacial score (nSPS) is 11.2. The number of carbonyl (C=O) groups excluding carboxylic acids is 1. The van der Waals surface area contributed by atoms with Gasteiger partial charge in [0.2, 0.25) is 5.91 Å². The van der Waals surface area contributed by atoms with E-state index in [2.05, 4.69) is 20.8 Å². The number of amides is 1. The Morgan fingerprint density at radius 1 is 1.02 bits per heavy atom. The molecule has 0 saturated heterocycles. The molecule has 4 aromatic rings. The van der Waals surface area contributed by atoms with Crippen molar-refractivity contribution in [2.75, 3.05) is 30.1 Å². The number of alkyl halides is 3. The number of nitrogens with one attached hydrogen (secondary N) is 2. The molecule has 0 unspecified atom stereocenters. The van der Waals surface area contributed by atoms with Crippen molar-refractivity contribution < 1.29 is 27.4 Å². The van der Waals surface area contributed by atoms with Crippen LogP contribution in [0.5, 0.6) is 11.5 Å². The lowest BCUT2D eigenvalue weighted by molar-refractivity contribution is -0.137. The van der Waals surface area contributed by atoms with E-state index >= 15 is 0 Å². The summed E-state index contributed by atoms with van der Waals surface area (Å²) in [5, 5.41) is 14.7. The van der Waals surface area contributed by atoms with E-state index < -0.39 is 17.6 Å². The van der Waals surface area contributed by atoms with E-state index in [0.717, 1.165) is 47.1 Å². The molecule has 40 heavy (non-hydrogen) atoms. The number of anilines is 2. The van der Waals surface area contributed by atoms with Crippen molar-refractivity contribution in [3.8, 4) is 17.2 Å². The van der Waals surface area contributed by atoms with E-state index in [-0.39, 0.29) is 16.5 Å². The largest absolute Gasteiger partial charge is 0.497 e. The van der Waals surface area contributed by atoms with E-state index in [1.807, 2.05) is 43.3 Å². The van der Waals surface area contributed by atoms with Gasteiger partial charge in [0.25, 0.3) is 0 Å². The van der Waals surface area contributed by atoms with E-state index in [1.165, 1.54) is 0 Å². The highest BCUT2D eigenvalue weighted by atomic mass is 35.5. The SMILES string of the molecule is CCOc1ccc(NCc2nnc(SCC(=O)Nc3cc(C(F)(F)F)ccc3Cl)n2-c2ccc(OC)cc2)cc1. The first-order valence-corrected chi connectivity index (χ1v) is 13.4. The third kappa shape index (κ3) is 7.39. The van der Waals surface area contributed by atoms with Gasteiger partial charge in [0, 0.05) is 11.4 Å². The third-order valence-electron chi connectivity index (χ3n) is 5.55. The van der Waals surface area contributed by atoms with Crippen LogP contribution in [-0.2, 0) is 17.5 Å². The molecule has 0 aliphatic heterocycles. The molecule has 2 N–H and O–H groups in total. The molecule has 0 atom stereocenters. The Morgan fingerprint density at radius 2 is 1.73 bits per heavy atom. The summed E-state index contributed by atoms with van der Waals surface area (Å²) in [5.74, 6) is 1.30. The van der Waals surface area contributed by atoms with Crippen molar-refractivity contribution in [1.82, 2.24) is 14.8 Å². The summed E-state index contributed by atoms with van der Waals surface area (Å²) in [4.78, 5) is 12.7. The number of thioether (sulfide) groups is 1. The van der Waals surface area contributed by atoms with Gasteiger partial charge in [-0.05, 0) is 73.7 Å². The number of carbonyl (C=O) groups is 1. The number of aromatic nitrogens is 3. The Morgan fingerprint density at radius 3 is 2.38 bits per heavy atom. The van der Waals surface area contributed by atoms with Crippen molar-refractivity contribution in [2.24, 2.45) is 0 Å². The molecule has 0 aliphatic carbocycles. The first kappa shape index (κ1) is 29.1. The molecule has 3 aromatic carbocycles. The van der Waals surface area contributed by atoms with Crippen molar-refractivity contribution in [2.45, 2.75) is 24.8 Å². The van der Waals surface area contributed by atoms with Crippen LogP contribution in [0.4, 0.5) is 24.5 Å². The molecule has 13 heteroatoms. The van der Waals surface area contributed by atoms with Gasteiger partial charge in [-0.3, -0.25) is 9.36 Å². The molecule has 1 amide bonds. The molecule has 0 aliphatic rings. The molecular weight excluding hydrogens is 567 g/mol. The second-order valence-electron chi connectivity index (χ2n) is 8.27. The maximum atomic E-state index is 13.1. The number of hydrogen-bond donors (Lipinski definition) is 2. The first-order valence-electron chi connectivity index (χ1n) is 12.0. The van der Waals surface area contributed by atoms with Gasteiger partial charge in [-0.25, -0.2) is 0 Å². The van der Waals surface area contributed by atoms with Crippen LogP contribution in [0.15, 0.2) is 71.9 Å². The molecule has 4 rings (SSSR count). The summed E-state index contributed by atoms with van der Waals surface area (Å²) in [6.07, 6.45) is -4.57. The number of hydrogen-bond acceptors (Lipinski definition) is 7. The highest BCUT2D eigenvalue weighted by Gasteiger charge is 2.31. The third-order valence-corrected chi connectivity index (χ3v) is 6.81. The van der Waals surface area contributed by atoms with Crippen LogP contribution in [0.2, 0.25) is 5.02 Å². The van der Waals surface area contributed by atoms with Crippen LogP contribution in [0, 0.1) is 0 Å². The van der Waals surface area contributed by atoms with Crippen molar-refractivity contribution >= 4 is 40.6 Å². The van der Waals surface area contributed by atoms with Crippen molar-refractivity contribution in [3.05, 3.63) is 83.1 Å². The van der Waals surface area contributed by atoms with Crippen LogP contribution in [0.25, 0.3) is 5.69 Å². The van der Waals surface area contributed by atoms with Crippen LogP contribution in [0.3, 0.4) is 0 Å². The zero-order chi connectivity index (χ0) is 28.7. The predicted molar refractivity (Wildman–Crippen MR) is 149 cm³/mol. The van der Waals surface area contributed by atoms with E-state index in [9.17, 15) is 18.0 Å². The molecular formula is C27H25ClF3N5O3S. The highest BCUT2D eigenvalue weighted by molar-refractivity contribution is 7.99. The highest BCUT2D eigenvalue weighted by Crippen LogP contribution is 2.34. The van der Waals surface area contributed by atoms with Crippen LogP contribution in [-0.4, -0.2) is 40.1 Å². The number of benzene rings is 3. The second-order valence-corrected chi connectivity index (χ2v) is 9.62. The van der Waals surface area contributed by atoms with Gasteiger partial charge < -0.3 is 20.1 Å². The maximum Gasteiger partial charge on any atom is 0.416 e. The Balaban J connectivity index is 1.51. The lowest BCUT2D eigenvalue weighted by Crippen LogP contribution is -2.16. The topological polar surface area (TPSA) is 90.3 Å². The van der Waals surface area contributed by atoms with Gasteiger partial charge >= 0.3 is 6.18 Å². The number of ether oxygens (including phenoxy) is 2. The quantitative estimate of drug-likeness (QED) is 0.188. The smallest absolute Gasteiger partial charge is 0.416 e. The first-order chi connectivity index (χ1) is 19.2. The fourth-order valence-electron chi connectivity index (χ4n) is 3.63. The monoisotopic (exact) mass is 591 g/mol. The molecule has 210 valence electrons. The van der Waals surface area contributed by atoms with Crippen molar-refractivity contribution in [3.63, 3.8) is 0 Å². The Bertz CT molecular complexity index is 1450. The summed E-state index contributed by atoms with van der Waals surface area (Å²) in [5.41, 5.74) is 0.542. The fourth-order valence-corrected chi connectivity index (χ4v) is 4.57. The Hall–Kier alpha value is -3.90.